The summed E-state index contributed by atoms with van der Waals surface area (Å²) in [7, 11) is 0. The zero-order valence-electron chi connectivity index (χ0n) is 9.58. The smallest absolute Gasteiger partial charge is 0.144 e. The Morgan fingerprint density at radius 1 is 1.26 bits per heavy atom. The normalized spacial score (nSPS) is 10.3. The van der Waals surface area contributed by atoms with Crippen molar-refractivity contribution in [3.05, 3.63) is 57.3 Å². The fourth-order valence-corrected chi connectivity index (χ4v) is 2.06. The fourth-order valence-electron chi connectivity index (χ4n) is 1.46. The van der Waals surface area contributed by atoms with Crippen molar-refractivity contribution in [1.29, 1.82) is 5.41 Å². The van der Waals surface area contributed by atoms with Crippen LogP contribution in [-0.4, -0.2) is 5.84 Å². The highest BCUT2D eigenvalue weighted by Crippen LogP contribution is 2.32. The predicted octanol–water partition coefficient (Wildman–Crippen LogP) is 4.32. The molecule has 3 N–H and O–H groups in total. The first kappa shape index (κ1) is 13.8. The van der Waals surface area contributed by atoms with Crippen LogP contribution < -0.4 is 10.5 Å². The molecule has 0 amide bonds. The summed E-state index contributed by atoms with van der Waals surface area (Å²) in [6, 6.07) is 8.85. The minimum Gasteiger partial charge on any atom is -0.456 e. The molecule has 0 aliphatic carbocycles. The van der Waals surface area contributed by atoms with Gasteiger partial charge in [0.25, 0.3) is 0 Å². The number of halogens is 3. The van der Waals surface area contributed by atoms with Gasteiger partial charge >= 0.3 is 0 Å². The Hall–Kier alpha value is -1.59. The third kappa shape index (κ3) is 3.24. The molecule has 0 radical (unpaired) electrons. The number of nitrogen functional groups attached to an aromatic ring is 1. The molecule has 0 fully saturated rings. The molecule has 0 saturated heterocycles. The average Bonchev–Trinajstić information content (AvgIpc) is 2.33. The Morgan fingerprint density at radius 3 is 2.63 bits per heavy atom. The van der Waals surface area contributed by atoms with Crippen LogP contribution in [0, 0.1) is 11.2 Å². The van der Waals surface area contributed by atoms with E-state index in [9.17, 15) is 4.39 Å². The first-order chi connectivity index (χ1) is 8.97. The molecule has 98 valence electrons. The average molecular weight is 344 g/mol. The second kappa shape index (κ2) is 5.59. The van der Waals surface area contributed by atoms with Gasteiger partial charge in [-0.25, -0.2) is 4.39 Å². The molecule has 2 aromatic rings. The van der Waals surface area contributed by atoms with Crippen LogP contribution in [0.25, 0.3) is 0 Å². The largest absolute Gasteiger partial charge is 0.456 e. The van der Waals surface area contributed by atoms with Crippen molar-refractivity contribution in [3.8, 4) is 11.5 Å². The Kier molecular flexibility index (Phi) is 4.07. The van der Waals surface area contributed by atoms with E-state index in [1.165, 1.54) is 18.2 Å². The van der Waals surface area contributed by atoms with Crippen molar-refractivity contribution in [1.82, 2.24) is 0 Å². The number of amidine groups is 1. The summed E-state index contributed by atoms with van der Waals surface area (Å²) in [5.41, 5.74) is 5.79. The van der Waals surface area contributed by atoms with Crippen molar-refractivity contribution in [3.63, 3.8) is 0 Å². The lowest BCUT2D eigenvalue weighted by Gasteiger charge is -2.09. The van der Waals surface area contributed by atoms with Gasteiger partial charge < -0.3 is 10.5 Å². The topological polar surface area (TPSA) is 59.1 Å². The van der Waals surface area contributed by atoms with E-state index in [0.29, 0.717) is 26.6 Å². The molecule has 2 rings (SSSR count). The van der Waals surface area contributed by atoms with Gasteiger partial charge in [0.05, 0.1) is 9.50 Å². The second-order valence-corrected chi connectivity index (χ2v) is 4.99. The lowest BCUT2D eigenvalue weighted by atomic mass is 10.2. The van der Waals surface area contributed by atoms with Crippen molar-refractivity contribution >= 4 is 33.4 Å². The molecule has 0 bridgehead atoms. The number of nitrogens with one attached hydrogen (secondary N) is 1. The van der Waals surface area contributed by atoms with Crippen molar-refractivity contribution in [2.24, 2.45) is 5.73 Å². The minimum atomic E-state index is -0.398. The van der Waals surface area contributed by atoms with Crippen LogP contribution >= 0.6 is 27.5 Å². The van der Waals surface area contributed by atoms with Crippen molar-refractivity contribution in [2.45, 2.75) is 0 Å². The maximum Gasteiger partial charge on any atom is 0.144 e. The number of ether oxygens (including phenoxy) is 1. The van der Waals surface area contributed by atoms with Crippen LogP contribution in [0.3, 0.4) is 0 Å². The van der Waals surface area contributed by atoms with Gasteiger partial charge in [-0.3, -0.25) is 5.41 Å². The molecule has 0 aromatic heterocycles. The highest BCUT2D eigenvalue weighted by Gasteiger charge is 2.08. The number of rotatable bonds is 3. The Balaban J connectivity index is 2.31. The van der Waals surface area contributed by atoms with Gasteiger partial charge in [-0.05, 0) is 40.2 Å². The highest BCUT2D eigenvalue weighted by atomic mass is 79.9. The minimum absolute atomic E-state index is 0.122. The maximum atomic E-state index is 13.1. The Labute approximate surface area is 122 Å². The van der Waals surface area contributed by atoms with E-state index in [1.54, 1.807) is 18.2 Å². The third-order valence-electron chi connectivity index (χ3n) is 2.35. The summed E-state index contributed by atoms with van der Waals surface area (Å²) in [6.07, 6.45) is 0. The van der Waals surface area contributed by atoms with E-state index < -0.39 is 5.82 Å². The van der Waals surface area contributed by atoms with E-state index in [1.807, 2.05) is 0 Å². The van der Waals surface area contributed by atoms with Crippen LogP contribution in [0.2, 0.25) is 5.02 Å². The van der Waals surface area contributed by atoms with Gasteiger partial charge in [0.15, 0.2) is 0 Å². The summed E-state index contributed by atoms with van der Waals surface area (Å²) in [6.45, 7) is 0. The quantitative estimate of drug-likeness (QED) is 0.644. The summed E-state index contributed by atoms with van der Waals surface area (Å²) in [5.74, 6) is 0.251. The van der Waals surface area contributed by atoms with Gasteiger partial charge in [-0.1, -0.05) is 11.6 Å². The Bertz CT molecular complexity index is 649. The molecule has 0 spiro atoms. The molecule has 0 aliphatic rings. The van der Waals surface area contributed by atoms with E-state index in [0.717, 1.165) is 0 Å². The molecule has 0 saturated carbocycles. The first-order valence-electron chi connectivity index (χ1n) is 5.24. The van der Waals surface area contributed by atoms with Crippen LogP contribution in [-0.2, 0) is 0 Å². The van der Waals surface area contributed by atoms with E-state index >= 15 is 0 Å². The maximum absolute atomic E-state index is 13.1. The third-order valence-corrected chi connectivity index (χ3v) is 3.32. The molecule has 0 aliphatic heterocycles. The number of hydrogen-bond donors (Lipinski definition) is 2. The van der Waals surface area contributed by atoms with Crippen LogP contribution in [0.5, 0.6) is 11.5 Å². The van der Waals surface area contributed by atoms with E-state index in [-0.39, 0.29) is 5.84 Å². The van der Waals surface area contributed by atoms with Crippen LogP contribution in [0.1, 0.15) is 5.56 Å². The second-order valence-electron chi connectivity index (χ2n) is 3.73. The highest BCUT2D eigenvalue weighted by molar-refractivity contribution is 9.10. The monoisotopic (exact) mass is 342 g/mol. The molecule has 2 aromatic carbocycles. The molecular formula is C13H9BrClFN2O. The lowest BCUT2D eigenvalue weighted by molar-refractivity contribution is 0.473. The predicted molar refractivity (Wildman–Crippen MR) is 76.6 cm³/mol. The van der Waals surface area contributed by atoms with E-state index in [2.05, 4.69) is 15.9 Å². The molecule has 6 heteroatoms. The molecule has 0 heterocycles. The van der Waals surface area contributed by atoms with Crippen LogP contribution in [0.15, 0.2) is 40.9 Å². The summed E-state index contributed by atoms with van der Waals surface area (Å²) in [5, 5.41) is 7.63. The van der Waals surface area contributed by atoms with Gasteiger partial charge in [0.1, 0.15) is 23.2 Å². The zero-order valence-corrected chi connectivity index (χ0v) is 11.9. The lowest BCUT2D eigenvalue weighted by Crippen LogP contribution is -2.11. The van der Waals surface area contributed by atoms with Gasteiger partial charge in [-0.15, -0.1) is 0 Å². The van der Waals surface area contributed by atoms with Crippen molar-refractivity contribution in [2.75, 3.05) is 0 Å². The van der Waals surface area contributed by atoms with Crippen molar-refractivity contribution < 1.29 is 9.13 Å². The molecule has 0 atom stereocenters. The SMILES string of the molecule is N=C(N)c1ccc(Oc2cc(F)ccc2Br)cc1Cl. The standard InChI is InChI=1S/C13H9BrClFN2O/c14-10-4-1-7(16)5-12(10)19-8-2-3-9(13(17)18)11(15)6-8/h1-6H,(H3,17,18). The number of benzene rings is 2. The molecule has 0 unspecified atom stereocenters. The number of hydrogen-bond acceptors (Lipinski definition) is 2. The first-order valence-corrected chi connectivity index (χ1v) is 6.41. The molecular weight excluding hydrogens is 335 g/mol. The molecule has 19 heavy (non-hydrogen) atoms. The van der Waals surface area contributed by atoms with Crippen LogP contribution in [0.4, 0.5) is 4.39 Å². The summed E-state index contributed by atoms with van der Waals surface area (Å²) < 4.78 is 19.3. The summed E-state index contributed by atoms with van der Waals surface area (Å²) in [4.78, 5) is 0. The van der Waals surface area contributed by atoms with Gasteiger partial charge in [0.2, 0.25) is 0 Å². The Morgan fingerprint density at radius 2 is 2.00 bits per heavy atom. The number of nitrogens with two attached hydrogens (primary N) is 1. The van der Waals surface area contributed by atoms with Gasteiger partial charge in [-0.2, -0.15) is 0 Å². The fraction of sp³-hybridized carbons (Fsp3) is 0. The van der Waals surface area contributed by atoms with Gasteiger partial charge in [0, 0.05) is 17.7 Å². The van der Waals surface area contributed by atoms with E-state index in [4.69, 9.17) is 27.5 Å². The summed E-state index contributed by atoms with van der Waals surface area (Å²) >= 11 is 9.24. The zero-order chi connectivity index (χ0) is 14.0. The molecule has 3 nitrogen and oxygen atoms in total.